The van der Waals surface area contributed by atoms with Crippen LogP contribution in [0.5, 0.6) is 0 Å². The molecule has 0 aromatic rings. The molecule has 6 rings (SSSR count). The predicted octanol–water partition coefficient (Wildman–Crippen LogP) is 2.92. The fourth-order valence-corrected chi connectivity index (χ4v) is 6.71. The highest BCUT2D eigenvalue weighted by Crippen LogP contribution is 2.61. The zero-order valence-corrected chi connectivity index (χ0v) is 19.6. The summed E-state index contributed by atoms with van der Waals surface area (Å²) in [5, 5.41) is 6.62. The number of carbonyl (C=O) groups excluding carboxylic acids is 2. The maximum atomic E-state index is 13.2. The van der Waals surface area contributed by atoms with Gasteiger partial charge in [-0.15, -0.1) is 0 Å². The van der Waals surface area contributed by atoms with Crippen LogP contribution >= 0.6 is 0 Å². The van der Waals surface area contributed by atoms with Crippen molar-refractivity contribution in [3.05, 3.63) is 48.0 Å². The van der Waals surface area contributed by atoms with E-state index in [0.29, 0.717) is 46.8 Å². The summed E-state index contributed by atoms with van der Waals surface area (Å²) < 4.78 is 0. The molecule has 4 bridgehead atoms. The van der Waals surface area contributed by atoms with Crippen LogP contribution in [0.4, 0.5) is 0 Å². The minimum atomic E-state index is -0.101. The molecule has 172 valence electrons. The van der Waals surface area contributed by atoms with Gasteiger partial charge >= 0.3 is 0 Å². The molecule has 0 aromatic heterocycles. The Kier molecular flexibility index (Phi) is 5.31. The lowest BCUT2D eigenvalue weighted by Crippen LogP contribution is -2.54. The maximum absolute atomic E-state index is 13.2. The van der Waals surface area contributed by atoms with E-state index in [1.165, 1.54) is 19.3 Å². The lowest BCUT2D eigenvalue weighted by atomic mass is 9.45. The topological polar surface area (TPSA) is 64.7 Å². The number of amides is 2. The van der Waals surface area contributed by atoms with E-state index in [1.807, 2.05) is 30.1 Å². The van der Waals surface area contributed by atoms with Gasteiger partial charge in [-0.25, -0.2) is 0 Å². The van der Waals surface area contributed by atoms with Gasteiger partial charge in [0.1, 0.15) is 5.70 Å². The van der Waals surface area contributed by atoms with Gasteiger partial charge in [0, 0.05) is 49.2 Å². The van der Waals surface area contributed by atoms with Gasteiger partial charge in [-0.05, 0) is 67.9 Å². The largest absolute Gasteiger partial charge is 0.350 e. The van der Waals surface area contributed by atoms with Gasteiger partial charge in [0.05, 0.1) is 0 Å². The van der Waals surface area contributed by atoms with Crippen LogP contribution in [0.3, 0.4) is 0 Å². The highest BCUT2D eigenvalue weighted by Gasteiger charge is 2.54. The molecule has 32 heavy (non-hydrogen) atoms. The Morgan fingerprint density at radius 2 is 2.12 bits per heavy atom. The number of fused-ring (bicyclic) bond motifs is 4. The molecule has 2 saturated heterocycles. The Labute approximate surface area is 191 Å². The second-order valence-corrected chi connectivity index (χ2v) is 10.9. The van der Waals surface area contributed by atoms with Crippen molar-refractivity contribution in [2.75, 3.05) is 19.6 Å². The third-order valence-electron chi connectivity index (χ3n) is 8.85. The first-order valence-corrected chi connectivity index (χ1v) is 12.1. The van der Waals surface area contributed by atoms with Crippen molar-refractivity contribution in [3.8, 4) is 0 Å². The maximum Gasteiger partial charge on any atom is 0.268 e. The van der Waals surface area contributed by atoms with Crippen LogP contribution < -0.4 is 10.6 Å². The smallest absolute Gasteiger partial charge is 0.268 e. The highest BCUT2D eigenvalue weighted by atomic mass is 16.2. The molecule has 5 fully saturated rings. The van der Waals surface area contributed by atoms with Gasteiger partial charge in [-0.1, -0.05) is 26.5 Å². The first-order chi connectivity index (χ1) is 15.3. The van der Waals surface area contributed by atoms with Crippen molar-refractivity contribution in [1.82, 2.24) is 20.4 Å². The van der Waals surface area contributed by atoms with E-state index in [4.69, 9.17) is 0 Å². The Bertz CT molecular complexity index is 928. The number of carbonyl (C=O) groups is 2. The molecule has 3 aliphatic heterocycles. The molecule has 0 spiro atoms. The van der Waals surface area contributed by atoms with E-state index in [2.05, 4.69) is 31.1 Å². The molecule has 3 aliphatic carbocycles. The zero-order valence-electron chi connectivity index (χ0n) is 19.6. The van der Waals surface area contributed by atoms with E-state index >= 15 is 0 Å². The van der Waals surface area contributed by atoms with Gasteiger partial charge in [0.2, 0.25) is 0 Å². The van der Waals surface area contributed by atoms with E-state index in [9.17, 15) is 9.59 Å². The number of hydrogen-bond acceptors (Lipinski definition) is 4. The van der Waals surface area contributed by atoms with Crippen LogP contribution in [0.1, 0.15) is 46.5 Å². The zero-order chi connectivity index (χ0) is 22.6. The van der Waals surface area contributed by atoms with Gasteiger partial charge in [0.15, 0.2) is 0 Å². The number of nitrogens with one attached hydrogen (secondary N) is 2. The highest BCUT2D eigenvalue weighted by molar-refractivity contribution is 5.96. The predicted molar refractivity (Wildman–Crippen MR) is 125 cm³/mol. The Morgan fingerprint density at radius 1 is 1.31 bits per heavy atom. The molecule has 3 heterocycles. The van der Waals surface area contributed by atoms with Crippen LogP contribution in [-0.2, 0) is 9.59 Å². The minimum absolute atomic E-state index is 0.0464. The van der Waals surface area contributed by atoms with Crippen molar-refractivity contribution in [2.45, 2.75) is 58.5 Å². The van der Waals surface area contributed by atoms with Gasteiger partial charge in [-0.2, -0.15) is 0 Å². The summed E-state index contributed by atoms with van der Waals surface area (Å²) in [4.78, 5) is 30.0. The van der Waals surface area contributed by atoms with Crippen LogP contribution in [0.25, 0.3) is 0 Å². The molecular formula is C26H36N4O2. The lowest BCUT2D eigenvalue weighted by Gasteiger charge is -2.60. The summed E-state index contributed by atoms with van der Waals surface area (Å²) in [5.41, 5.74) is 2.25. The van der Waals surface area contributed by atoms with E-state index in [0.717, 1.165) is 25.4 Å². The Morgan fingerprint density at radius 3 is 2.78 bits per heavy atom. The summed E-state index contributed by atoms with van der Waals surface area (Å²) in [6.07, 6.45) is 12.1. The Balaban J connectivity index is 1.25. The molecular weight excluding hydrogens is 400 g/mol. The summed E-state index contributed by atoms with van der Waals surface area (Å²) >= 11 is 0. The first kappa shape index (κ1) is 21.5. The molecule has 6 nitrogen and oxygen atoms in total. The second-order valence-electron chi connectivity index (χ2n) is 10.9. The number of nitrogens with zero attached hydrogens (tertiary/aromatic N) is 2. The quantitative estimate of drug-likeness (QED) is 0.651. The number of rotatable bonds is 5. The normalized spacial score (nSPS) is 35.0. The summed E-state index contributed by atoms with van der Waals surface area (Å²) in [7, 11) is 0. The third kappa shape index (κ3) is 3.53. The minimum Gasteiger partial charge on any atom is -0.350 e. The van der Waals surface area contributed by atoms with Crippen LogP contribution in [0.2, 0.25) is 0 Å². The van der Waals surface area contributed by atoms with E-state index in [1.54, 1.807) is 11.1 Å². The lowest BCUT2D eigenvalue weighted by molar-refractivity contribution is -0.128. The number of hydrogen-bond donors (Lipinski definition) is 2. The third-order valence-corrected chi connectivity index (χ3v) is 8.85. The summed E-state index contributed by atoms with van der Waals surface area (Å²) in [5.74, 6) is 2.06. The Hall–Kier alpha value is -2.34. The van der Waals surface area contributed by atoms with Crippen LogP contribution in [-0.4, -0.2) is 53.3 Å². The van der Waals surface area contributed by atoms with Crippen molar-refractivity contribution in [2.24, 2.45) is 23.2 Å². The van der Waals surface area contributed by atoms with Gasteiger partial charge < -0.3 is 20.4 Å². The summed E-state index contributed by atoms with van der Waals surface area (Å²) in [6.45, 7) is 13.0. The molecule has 2 N–H and O–H groups in total. The fraction of sp³-hybridized carbons (Fsp3) is 0.615. The number of allylic oxidation sites excluding steroid dienone is 3. The molecule has 6 heteroatoms. The monoisotopic (exact) mass is 436 g/mol. The van der Waals surface area contributed by atoms with Crippen LogP contribution in [0.15, 0.2) is 48.0 Å². The van der Waals surface area contributed by atoms with E-state index < -0.39 is 0 Å². The van der Waals surface area contributed by atoms with Crippen molar-refractivity contribution < 1.29 is 9.59 Å². The average Bonchev–Trinajstić information content (AvgIpc) is 3.42. The fourth-order valence-electron chi connectivity index (χ4n) is 6.71. The molecule has 6 aliphatic rings. The SMILES string of the molecule is C=C1C=CC=C(C(=O)NC[C@@H]2CCC3CC2C3(C)C)N1/C=C(\C)C(=O)N1CC2C[C@@H]1CN2. The average molecular weight is 437 g/mol. The number of likely N-dealkylation sites (tertiary alicyclic amines) is 1. The van der Waals surface area contributed by atoms with Crippen molar-refractivity contribution in [3.63, 3.8) is 0 Å². The number of piperazine rings is 1. The van der Waals surface area contributed by atoms with Gasteiger partial charge in [0.25, 0.3) is 11.8 Å². The van der Waals surface area contributed by atoms with E-state index in [-0.39, 0.29) is 17.9 Å². The molecule has 5 atom stereocenters. The standard InChI is InChI=1S/C26H36N4O2/c1-16(25(32)30-15-20-11-21(30)13-27-20)14-29-17(2)6-5-7-23(29)24(31)28-12-18-8-9-19-10-22(18)26(19,3)4/h5-7,14,18-22,27H,2,8-13,15H2,1,3-4H3,(H,28,31)/b16-14+/t18-,19?,20?,21+,22?/m0/s1. The summed E-state index contributed by atoms with van der Waals surface area (Å²) in [6, 6.07) is 0.700. The van der Waals surface area contributed by atoms with Crippen LogP contribution in [0, 0.1) is 23.2 Å². The van der Waals surface area contributed by atoms with Crippen molar-refractivity contribution in [1.29, 1.82) is 0 Å². The van der Waals surface area contributed by atoms with Crippen molar-refractivity contribution >= 4 is 11.8 Å². The second kappa shape index (κ2) is 7.91. The first-order valence-electron chi connectivity index (χ1n) is 12.1. The molecule has 0 aromatic carbocycles. The molecule has 0 radical (unpaired) electrons. The molecule has 3 unspecified atom stereocenters. The van der Waals surface area contributed by atoms with Gasteiger partial charge in [-0.3, -0.25) is 9.59 Å². The molecule has 2 amide bonds. The molecule has 3 saturated carbocycles.